The average Bonchev–Trinajstić information content (AvgIpc) is 3.35. The van der Waals surface area contributed by atoms with Gasteiger partial charge in [-0.05, 0) is 61.9 Å². The average molecular weight is 339 g/mol. The Morgan fingerprint density at radius 1 is 1.16 bits per heavy atom. The SMILES string of the molecule is O=C(c1ccoc1)N1CCC(C2CCN(Cc3cccnc3)CC2)C1. The van der Waals surface area contributed by atoms with Crippen molar-refractivity contribution in [1.82, 2.24) is 14.8 Å². The molecular weight excluding hydrogens is 314 g/mol. The molecule has 5 heteroatoms. The molecule has 4 rings (SSSR count). The van der Waals surface area contributed by atoms with Gasteiger partial charge in [0.2, 0.25) is 0 Å². The summed E-state index contributed by atoms with van der Waals surface area (Å²) >= 11 is 0. The number of hydrogen-bond acceptors (Lipinski definition) is 4. The lowest BCUT2D eigenvalue weighted by molar-refractivity contribution is 0.0772. The van der Waals surface area contributed by atoms with E-state index in [2.05, 4.69) is 16.0 Å². The van der Waals surface area contributed by atoms with Crippen molar-refractivity contribution in [3.8, 4) is 0 Å². The zero-order valence-electron chi connectivity index (χ0n) is 14.5. The topological polar surface area (TPSA) is 49.6 Å². The molecule has 2 aliphatic rings. The molecule has 2 aliphatic heterocycles. The maximum Gasteiger partial charge on any atom is 0.257 e. The summed E-state index contributed by atoms with van der Waals surface area (Å²) in [6.07, 6.45) is 10.5. The fourth-order valence-corrected chi connectivity index (χ4v) is 4.26. The largest absolute Gasteiger partial charge is 0.472 e. The molecule has 1 unspecified atom stereocenters. The van der Waals surface area contributed by atoms with Gasteiger partial charge in [-0.1, -0.05) is 6.07 Å². The first kappa shape index (κ1) is 16.3. The molecule has 1 amide bonds. The molecule has 0 N–H and O–H groups in total. The standard InChI is InChI=1S/C20H25N3O2/c24-20(19-6-11-25-15-19)23-10-5-18(14-23)17-3-8-22(9-4-17)13-16-2-1-7-21-12-16/h1-2,6-7,11-12,15,17-18H,3-5,8-10,13-14H2. The third-order valence-electron chi connectivity index (χ3n) is 5.71. The summed E-state index contributed by atoms with van der Waals surface area (Å²) in [6, 6.07) is 5.91. The number of rotatable bonds is 4. The van der Waals surface area contributed by atoms with Crippen LogP contribution in [0.2, 0.25) is 0 Å². The summed E-state index contributed by atoms with van der Waals surface area (Å²) in [4.78, 5) is 21.2. The summed E-state index contributed by atoms with van der Waals surface area (Å²) in [6.45, 7) is 5.07. The van der Waals surface area contributed by atoms with Crippen LogP contribution in [0.1, 0.15) is 35.2 Å². The number of amides is 1. The van der Waals surface area contributed by atoms with Crippen molar-refractivity contribution in [2.75, 3.05) is 26.2 Å². The number of piperidine rings is 1. The smallest absolute Gasteiger partial charge is 0.257 e. The molecule has 0 aliphatic carbocycles. The minimum absolute atomic E-state index is 0.116. The minimum Gasteiger partial charge on any atom is -0.472 e. The van der Waals surface area contributed by atoms with Crippen LogP contribution >= 0.6 is 0 Å². The van der Waals surface area contributed by atoms with Gasteiger partial charge in [-0.2, -0.15) is 0 Å². The number of aromatic nitrogens is 1. The van der Waals surface area contributed by atoms with E-state index in [0.29, 0.717) is 11.5 Å². The molecule has 132 valence electrons. The van der Waals surface area contributed by atoms with Gasteiger partial charge in [-0.25, -0.2) is 0 Å². The lowest BCUT2D eigenvalue weighted by atomic mass is 9.83. The Morgan fingerprint density at radius 2 is 2.00 bits per heavy atom. The Balaban J connectivity index is 1.26. The zero-order valence-corrected chi connectivity index (χ0v) is 14.5. The molecule has 1 atom stereocenters. The molecule has 0 aromatic carbocycles. The third kappa shape index (κ3) is 3.76. The van der Waals surface area contributed by atoms with Gasteiger partial charge in [0, 0.05) is 32.0 Å². The van der Waals surface area contributed by atoms with Crippen LogP contribution in [0.3, 0.4) is 0 Å². The van der Waals surface area contributed by atoms with E-state index in [-0.39, 0.29) is 5.91 Å². The predicted octanol–water partition coefficient (Wildman–Crippen LogP) is 3.05. The third-order valence-corrected chi connectivity index (χ3v) is 5.71. The summed E-state index contributed by atoms with van der Waals surface area (Å²) in [5, 5.41) is 0. The monoisotopic (exact) mass is 339 g/mol. The lowest BCUT2D eigenvalue weighted by Gasteiger charge is -2.34. The second kappa shape index (κ2) is 7.40. The fraction of sp³-hybridized carbons (Fsp3) is 0.500. The number of likely N-dealkylation sites (tertiary alicyclic amines) is 2. The summed E-state index contributed by atoms with van der Waals surface area (Å²) in [5.74, 6) is 1.51. The van der Waals surface area contributed by atoms with E-state index in [9.17, 15) is 4.79 Å². The van der Waals surface area contributed by atoms with E-state index in [4.69, 9.17) is 4.42 Å². The molecule has 2 aromatic heterocycles. The van der Waals surface area contributed by atoms with Crippen molar-refractivity contribution in [1.29, 1.82) is 0 Å². The molecule has 0 bridgehead atoms. The number of furan rings is 1. The van der Waals surface area contributed by atoms with Crippen molar-refractivity contribution < 1.29 is 9.21 Å². The Morgan fingerprint density at radius 3 is 2.72 bits per heavy atom. The molecule has 2 aromatic rings. The molecule has 0 spiro atoms. The second-order valence-electron chi connectivity index (χ2n) is 7.29. The Labute approximate surface area is 148 Å². The number of hydrogen-bond donors (Lipinski definition) is 0. The highest BCUT2D eigenvalue weighted by Gasteiger charge is 2.34. The molecule has 4 heterocycles. The second-order valence-corrected chi connectivity index (χ2v) is 7.29. The Hall–Kier alpha value is -2.14. The molecule has 25 heavy (non-hydrogen) atoms. The number of pyridine rings is 1. The van der Waals surface area contributed by atoms with E-state index in [1.54, 1.807) is 18.6 Å². The van der Waals surface area contributed by atoms with Crippen LogP contribution < -0.4 is 0 Å². The van der Waals surface area contributed by atoms with Crippen LogP contribution in [0.4, 0.5) is 0 Å². The van der Waals surface area contributed by atoms with E-state index < -0.39 is 0 Å². The van der Waals surface area contributed by atoms with Crippen molar-refractivity contribution >= 4 is 5.91 Å². The van der Waals surface area contributed by atoms with Crippen molar-refractivity contribution in [2.45, 2.75) is 25.8 Å². The molecule has 0 saturated carbocycles. The maximum atomic E-state index is 12.4. The van der Waals surface area contributed by atoms with Gasteiger partial charge in [0.1, 0.15) is 6.26 Å². The fourth-order valence-electron chi connectivity index (χ4n) is 4.26. The Kier molecular flexibility index (Phi) is 4.83. The molecular formula is C20H25N3O2. The first-order chi connectivity index (χ1) is 12.3. The van der Waals surface area contributed by atoms with Crippen LogP contribution in [0, 0.1) is 11.8 Å². The van der Waals surface area contributed by atoms with Crippen LogP contribution in [0.25, 0.3) is 0 Å². The predicted molar refractivity (Wildman–Crippen MR) is 95.0 cm³/mol. The van der Waals surface area contributed by atoms with Crippen LogP contribution in [0.5, 0.6) is 0 Å². The van der Waals surface area contributed by atoms with E-state index in [0.717, 1.165) is 45.1 Å². The normalized spacial score (nSPS) is 22.4. The molecule has 0 radical (unpaired) electrons. The number of carbonyl (C=O) groups excluding carboxylic acids is 1. The summed E-state index contributed by atoms with van der Waals surface area (Å²) in [5.41, 5.74) is 1.96. The summed E-state index contributed by atoms with van der Waals surface area (Å²) in [7, 11) is 0. The van der Waals surface area contributed by atoms with Crippen molar-refractivity contribution in [2.24, 2.45) is 11.8 Å². The van der Waals surface area contributed by atoms with Gasteiger partial charge in [0.15, 0.2) is 0 Å². The highest BCUT2D eigenvalue weighted by Crippen LogP contribution is 2.32. The minimum atomic E-state index is 0.116. The highest BCUT2D eigenvalue weighted by atomic mass is 16.3. The summed E-state index contributed by atoms with van der Waals surface area (Å²) < 4.78 is 5.04. The Bertz CT molecular complexity index is 678. The van der Waals surface area contributed by atoms with Gasteiger partial charge in [-0.3, -0.25) is 14.7 Å². The van der Waals surface area contributed by atoms with E-state index in [1.165, 1.54) is 18.4 Å². The molecule has 2 saturated heterocycles. The molecule has 5 nitrogen and oxygen atoms in total. The highest BCUT2D eigenvalue weighted by molar-refractivity contribution is 5.93. The van der Waals surface area contributed by atoms with Gasteiger partial charge in [0.05, 0.1) is 11.8 Å². The van der Waals surface area contributed by atoms with E-state index in [1.807, 2.05) is 23.4 Å². The first-order valence-corrected chi connectivity index (χ1v) is 9.22. The first-order valence-electron chi connectivity index (χ1n) is 9.22. The zero-order chi connectivity index (χ0) is 17.1. The van der Waals surface area contributed by atoms with Crippen LogP contribution in [-0.2, 0) is 6.54 Å². The van der Waals surface area contributed by atoms with Gasteiger partial charge < -0.3 is 9.32 Å². The maximum absolute atomic E-state index is 12.4. The van der Waals surface area contributed by atoms with Crippen molar-refractivity contribution in [3.05, 3.63) is 54.2 Å². The van der Waals surface area contributed by atoms with Gasteiger partial charge in [0.25, 0.3) is 5.91 Å². The lowest BCUT2D eigenvalue weighted by Crippen LogP contribution is -2.37. The van der Waals surface area contributed by atoms with Crippen LogP contribution in [-0.4, -0.2) is 46.9 Å². The number of nitrogens with zero attached hydrogens (tertiary/aromatic N) is 3. The van der Waals surface area contributed by atoms with Gasteiger partial charge >= 0.3 is 0 Å². The van der Waals surface area contributed by atoms with E-state index >= 15 is 0 Å². The van der Waals surface area contributed by atoms with Gasteiger partial charge in [-0.15, -0.1) is 0 Å². The van der Waals surface area contributed by atoms with Crippen LogP contribution in [0.15, 0.2) is 47.5 Å². The quantitative estimate of drug-likeness (QED) is 0.859. The number of carbonyl (C=O) groups is 1. The molecule has 2 fully saturated rings. The van der Waals surface area contributed by atoms with Crippen molar-refractivity contribution in [3.63, 3.8) is 0 Å².